The Morgan fingerprint density at radius 1 is 1.10 bits per heavy atom. The van der Waals surface area contributed by atoms with E-state index in [0.29, 0.717) is 0 Å². The van der Waals surface area contributed by atoms with Crippen LogP contribution in [0.5, 0.6) is 0 Å². The van der Waals surface area contributed by atoms with E-state index in [4.69, 9.17) is 0 Å². The second-order valence-electron chi connectivity index (χ2n) is 8.76. The number of rotatable bonds is 7. The lowest BCUT2D eigenvalue weighted by atomic mass is 9.95. The minimum Gasteiger partial charge on any atom is -0.371 e. The van der Waals surface area contributed by atoms with Gasteiger partial charge in [0.2, 0.25) is 0 Å². The van der Waals surface area contributed by atoms with Gasteiger partial charge in [-0.05, 0) is 81.9 Å². The molecule has 0 aliphatic carbocycles. The van der Waals surface area contributed by atoms with Gasteiger partial charge in [-0.2, -0.15) is 0 Å². The molecular weight excluding hydrogens is 363 g/mol. The minimum absolute atomic E-state index is 0.736. The fourth-order valence-electron chi connectivity index (χ4n) is 4.78. The van der Waals surface area contributed by atoms with Crippen LogP contribution in [0, 0.1) is 5.92 Å². The van der Waals surface area contributed by atoms with Crippen molar-refractivity contribution >= 4 is 16.6 Å². The smallest absolute Gasteiger partial charge is 0.122 e. The predicted molar refractivity (Wildman–Crippen MR) is 119 cm³/mol. The number of aromatic nitrogens is 1. The van der Waals surface area contributed by atoms with Gasteiger partial charge in [-0.3, -0.25) is 4.98 Å². The topological polar surface area (TPSA) is 31.4 Å². The van der Waals surface area contributed by atoms with Gasteiger partial charge >= 0.3 is 0 Å². The van der Waals surface area contributed by atoms with Crippen molar-refractivity contribution in [3.8, 4) is 0 Å². The van der Waals surface area contributed by atoms with Crippen LogP contribution in [0.1, 0.15) is 50.8 Å². The maximum Gasteiger partial charge on any atom is 0.122 e. The van der Waals surface area contributed by atoms with Crippen molar-refractivity contribution in [3.63, 3.8) is 0 Å². The molecule has 2 saturated heterocycles. The van der Waals surface area contributed by atoms with E-state index in [1.54, 1.807) is 6.92 Å². The van der Waals surface area contributed by atoms with Crippen LogP contribution in [-0.4, -0.2) is 55.7 Å². The van der Waals surface area contributed by atoms with Crippen LogP contribution < -0.4 is 10.2 Å². The molecule has 29 heavy (non-hydrogen) atoms. The molecule has 0 radical (unpaired) electrons. The van der Waals surface area contributed by atoms with Gasteiger partial charge in [0, 0.05) is 43.4 Å². The number of halogens is 1. The summed E-state index contributed by atoms with van der Waals surface area (Å²) in [7, 11) is 0. The van der Waals surface area contributed by atoms with Crippen molar-refractivity contribution in [3.05, 3.63) is 36.0 Å². The van der Waals surface area contributed by atoms with Crippen molar-refractivity contribution in [1.82, 2.24) is 15.2 Å². The molecule has 2 aliphatic heterocycles. The number of hydrogen-bond acceptors (Lipinski definition) is 4. The third-order valence-corrected chi connectivity index (χ3v) is 6.64. The first kappa shape index (κ1) is 20.5. The number of nitrogens with zero attached hydrogens (tertiary/aromatic N) is 3. The van der Waals surface area contributed by atoms with E-state index in [0.717, 1.165) is 48.6 Å². The van der Waals surface area contributed by atoms with Crippen molar-refractivity contribution < 1.29 is 4.39 Å². The molecule has 2 aromatic rings. The summed E-state index contributed by atoms with van der Waals surface area (Å²) in [6.45, 7) is 9.71. The zero-order valence-corrected chi connectivity index (χ0v) is 17.7. The molecule has 0 saturated carbocycles. The van der Waals surface area contributed by atoms with Crippen LogP contribution in [0.15, 0.2) is 30.5 Å². The Hall–Kier alpha value is -1.72. The zero-order chi connectivity index (χ0) is 20.1. The highest BCUT2D eigenvalue weighted by Crippen LogP contribution is 2.31. The number of pyridine rings is 1. The van der Waals surface area contributed by atoms with Gasteiger partial charge in [-0.1, -0.05) is 12.5 Å². The average molecular weight is 399 g/mol. The first-order valence-corrected chi connectivity index (χ1v) is 11.4. The number of benzene rings is 1. The van der Waals surface area contributed by atoms with E-state index in [9.17, 15) is 4.39 Å². The molecular formula is C24H35FN4. The number of likely N-dealkylation sites (tertiary alicyclic amines) is 1. The maximum absolute atomic E-state index is 13.8. The summed E-state index contributed by atoms with van der Waals surface area (Å²) >= 11 is 0. The lowest BCUT2D eigenvalue weighted by Crippen LogP contribution is -2.40. The summed E-state index contributed by atoms with van der Waals surface area (Å²) in [6.07, 6.45) is 7.49. The molecule has 4 nitrogen and oxygen atoms in total. The number of fused-ring (bicyclic) bond motifs is 1. The van der Waals surface area contributed by atoms with Crippen molar-refractivity contribution in [1.29, 1.82) is 0 Å². The molecule has 0 amide bonds. The summed E-state index contributed by atoms with van der Waals surface area (Å²) in [5.41, 5.74) is 2.89. The quantitative estimate of drug-likeness (QED) is 0.693. The monoisotopic (exact) mass is 398 g/mol. The average Bonchev–Trinajstić information content (AvgIpc) is 2.77. The zero-order valence-electron chi connectivity index (χ0n) is 17.7. The normalized spacial score (nSPS) is 20.3. The molecule has 4 rings (SSSR count). The van der Waals surface area contributed by atoms with E-state index < -0.39 is 6.17 Å². The largest absolute Gasteiger partial charge is 0.371 e. The van der Waals surface area contributed by atoms with Crippen molar-refractivity contribution in [2.75, 3.05) is 50.7 Å². The first-order chi connectivity index (χ1) is 14.2. The minimum atomic E-state index is -0.950. The molecule has 3 heterocycles. The summed E-state index contributed by atoms with van der Waals surface area (Å²) in [6, 6.07) is 7.87. The maximum atomic E-state index is 13.8. The number of piperidine rings is 2. The number of alkyl halides is 1. The summed E-state index contributed by atoms with van der Waals surface area (Å²) in [4.78, 5) is 9.53. The van der Waals surface area contributed by atoms with Crippen molar-refractivity contribution in [2.45, 2.75) is 45.2 Å². The summed E-state index contributed by atoms with van der Waals surface area (Å²) in [5, 5.41) is 4.77. The van der Waals surface area contributed by atoms with Crippen LogP contribution >= 0.6 is 0 Å². The third kappa shape index (κ3) is 5.26. The van der Waals surface area contributed by atoms with E-state index in [1.807, 2.05) is 24.4 Å². The number of nitrogens with one attached hydrogen (secondary N) is 1. The van der Waals surface area contributed by atoms with Gasteiger partial charge in [-0.15, -0.1) is 0 Å². The van der Waals surface area contributed by atoms with Crippen LogP contribution in [0.2, 0.25) is 0 Å². The lowest BCUT2D eigenvalue weighted by molar-refractivity contribution is 0.226. The SMILES string of the molecule is CC(F)c1ccc2nccc(N3CCC(CNCCN4CCCCC4)CC3)c2c1. The Bertz CT molecular complexity index is 780. The van der Waals surface area contributed by atoms with Crippen LogP contribution in [0.4, 0.5) is 10.1 Å². The second kappa shape index (κ2) is 9.86. The van der Waals surface area contributed by atoms with Gasteiger partial charge in [0.15, 0.2) is 0 Å². The van der Waals surface area contributed by atoms with Crippen LogP contribution in [0.3, 0.4) is 0 Å². The molecule has 1 unspecified atom stereocenters. The predicted octanol–water partition coefficient (Wildman–Crippen LogP) is 4.56. The molecule has 158 valence electrons. The molecule has 1 atom stereocenters. The van der Waals surface area contributed by atoms with Crippen molar-refractivity contribution in [2.24, 2.45) is 5.92 Å². The molecule has 2 aliphatic rings. The Labute approximate surface area is 174 Å². The van der Waals surface area contributed by atoms with Crippen LogP contribution in [0.25, 0.3) is 10.9 Å². The van der Waals surface area contributed by atoms with Gasteiger partial charge in [0.25, 0.3) is 0 Å². The second-order valence-corrected chi connectivity index (χ2v) is 8.76. The molecule has 5 heteroatoms. The highest BCUT2D eigenvalue weighted by molar-refractivity contribution is 5.92. The van der Waals surface area contributed by atoms with Gasteiger partial charge in [0.05, 0.1) is 5.52 Å². The third-order valence-electron chi connectivity index (χ3n) is 6.64. The Morgan fingerprint density at radius 2 is 1.90 bits per heavy atom. The highest BCUT2D eigenvalue weighted by atomic mass is 19.1. The van der Waals surface area contributed by atoms with Gasteiger partial charge in [-0.25, -0.2) is 4.39 Å². The number of hydrogen-bond donors (Lipinski definition) is 1. The molecule has 1 aromatic carbocycles. The van der Waals surface area contributed by atoms with E-state index in [2.05, 4.69) is 26.2 Å². The first-order valence-electron chi connectivity index (χ1n) is 11.4. The molecule has 1 N–H and O–H groups in total. The lowest BCUT2D eigenvalue weighted by Gasteiger charge is -2.34. The van der Waals surface area contributed by atoms with E-state index >= 15 is 0 Å². The van der Waals surface area contributed by atoms with Gasteiger partial charge < -0.3 is 15.1 Å². The van der Waals surface area contributed by atoms with Crippen LogP contribution in [-0.2, 0) is 0 Å². The standard InChI is InChI=1S/C24H35FN4/c1-19(25)21-5-6-23-22(17-21)24(7-10-27-23)29-14-8-20(9-15-29)18-26-11-16-28-12-3-2-4-13-28/h5-7,10,17,19-20,26H,2-4,8-9,11-16,18H2,1H3. The summed E-state index contributed by atoms with van der Waals surface area (Å²) < 4.78 is 13.8. The Kier molecular flexibility index (Phi) is 6.98. The van der Waals surface area contributed by atoms with E-state index in [1.165, 1.54) is 57.4 Å². The van der Waals surface area contributed by atoms with Gasteiger partial charge in [0.1, 0.15) is 6.17 Å². The Balaban J connectivity index is 1.28. The molecule has 0 spiro atoms. The highest BCUT2D eigenvalue weighted by Gasteiger charge is 2.21. The summed E-state index contributed by atoms with van der Waals surface area (Å²) in [5.74, 6) is 0.752. The van der Waals surface area contributed by atoms with E-state index in [-0.39, 0.29) is 0 Å². The Morgan fingerprint density at radius 3 is 2.66 bits per heavy atom. The molecule has 2 fully saturated rings. The fourth-order valence-corrected chi connectivity index (χ4v) is 4.78. The fraction of sp³-hybridized carbons (Fsp3) is 0.625. The molecule has 1 aromatic heterocycles. The number of anilines is 1. The molecule has 0 bridgehead atoms.